The second-order valence-corrected chi connectivity index (χ2v) is 11.2. The monoisotopic (exact) mass is 502 g/mol. The van der Waals surface area contributed by atoms with Gasteiger partial charge in [-0.05, 0) is 62.3 Å². The Bertz CT molecular complexity index is 1410. The molecule has 1 N–H and O–H groups in total. The molecule has 1 atom stereocenters. The molecule has 0 bridgehead atoms. The van der Waals surface area contributed by atoms with Gasteiger partial charge in [0.2, 0.25) is 10.0 Å². The number of hydrogen-bond acceptors (Lipinski definition) is 4. The lowest BCUT2D eigenvalue weighted by atomic mass is 10.1. The molecule has 0 radical (unpaired) electrons. The van der Waals surface area contributed by atoms with Gasteiger partial charge in [-0.3, -0.25) is 4.98 Å². The van der Waals surface area contributed by atoms with Crippen molar-refractivity contribution in [3.63, 3.8) is 0 Å². The lowest BCUT2D eigenvalue weighted by molar-refractivity contribution is -0.147. The van der Waals surface area contributed by atoms with Gasteiger partial charge in [0.05, 0.1) is 22.5 Å². The number of rotatable bonds is 6. The maximum atomic E-state index is 12.9. The second-order valence-electron chi connectivity index (χ2n) is 9.46. The molecule has 2 aromatic heterocycles. The van der Waals surface area contributed by atoms with Crippen molar-refractivity contribution in [2.24, 2.45) is 0 Å². The van der Waals surface area contributed by atoms with E-state index in [2.05, 4.69) is 27.8 Å². The number of fused-ring (bicyclic) bond motifs is 1. The first-order valence-electron chi connectivity index (χ1n) is 11.7. The lowest BCUT2D eigenvalue weighted by Crippen LogP contribution is -2.42. The van der Waals surface area contributed by atoms with Gasteiger partial charge in [-0.15, -0.1) is 0 Å². The van der Waals surface area contributed by atoms with E-state index in [0.717, 1.165) is 62.5 Å². The van der Waals surface area contributed by atoms with Crippen LogP contribution in [0.4, 0.5) is 13.2 Å². The van der Waals surface area contributed by atoms with E-state index in [0.29, 0.717) is 22.9 Å². The van der Waals surface area contributed by atoms with Crippen molar-refractivity contribution < 1.29 is 21.6 Å². The Balaban J connectivity index is 1.60. The van der Waals surface area contributed by atoms with Crippen molar-refractivity contribution in [2.75, 3.05) is 0 Å². The second kappa shape index (κ2) is 8.64. The van der Waals surface area contributed by atoms with E-state index in [1.165, 1.54) is 17.7 Å². The molecule has 35 heavy (non-hydrogen) atoms. The summed E-state index contributed by atoms with van der Waals surface area (Å²) in [5, 5.41) is 10.9. The predicted molar refractivity (Wildman–Crippen MR) is 125 cm³/mol. The van der Waals surface area contributed by atoms with E-state index in [9.17, 15) is 26.9 Å². The van der Waals surface area contributed by atoms with E-state index in [1.807, 2.05) is 6.07 Å². The van der Waals surface area contributed by atoms with Crippen LogP contribution in [0.3, 0.4) is 0 Å². The smallest absolute Gasteiger partial charge is 0.335 e. The molecule has 10 heteroatoms. The summed E-state index contributed by atoms with van der Waals surface area (Å²) < 4.78 is 67.4. The van der Waals surface area contributed by atoms with Crippen LogP contribution in [0, 0.1) is 11.3 Å². The number of halogens is 3. The van der Waals surface area contributed by atoms with E-state index >= 15 is 0 Å². The molecule has 2 heterocycles. The maximum Gasteiger partial charge on any atom is 0.404 e. The average Bonchev–Trinajstić information content (AvgIpc) is 3.42. The number of nitrogens with zero attached hydrogens (tertiary/aromatic N) is 3. The van der Waals surface area contributed by atoms with Gasteiger partial charge in [-0.1, -0.05) is 25.0 Å². The highest BCUT2D eigenvalue weighted by molar-refractivity contribution is 7.89. The highest BCUT2D eigenvalue weighted by Crippen LogP contribution is 2.45. The Hall–Kier alpha value is -2.90. The number of nitriles is 1. The van der Waals surface area contributed by atoms with Crippen molar-refractivity contribution in [1.29, 1.82) is 5.26 Å². The highest BCUT2D eigenvalue weighted by Gasteiger charge is 2.39. The minimum Gasteiger partial charge on any atom is -0.335 e. The van der Waals surface area contributed by atoms with Crippen LogP contribution >= 0.6 is 0 Å². The van der Waals surface area contributed by atoms with Crippen molar-refractivity contribution in [2.45, 2.75) is 74.5 Å². The van der Waals surface area contributed by atoms with Gasteiger partial charge in [-0.25, -0.2) is 8.42 Å². The molecule has 0 unspecified atom stereocenters. The zero-order chi connectivity index (χ0) is 25.0. The van der Waals surface area contributed by atoms with E-state index in [-0.39, 0.29) is 10.9 Å². The number of aromatic nitrogens is 2. The molecule has 2 aliphatic rings. The number of hydrogen-bond donors (Lipinski definition) is 1. The van der Waals surface area contributed by atoms with Crippen LogP contribution in [-0.4, -0.2) is 30.2 Å². The van der Waals surface area contributed by atoms with Gasteiger partial charge >= 0.3 is 6.18 Å². The van der Waals surface area contributed by atoms with Gasteiger partial charge in [-0.2, -0.15) is 23.2 Å². The summed E-state index contributed by atoms with van der Waals surface area (Å²) in [5.74, 6) is 0.550. The van der Waals surface area contributed by atoms with Crippen molar-refractivity contribution in [3.05, 3.63) is 47.7 Å². The Labute approximate surface area is 201 Å². The molecule has 0 amide bonds. The number of nitrogens with one attached hydrogen (secondary N) is 1. The molecule has 2 saturated carbocycles. The third kappa shape index (κ3) is 4.43. The SMILES string of the molecule is C[C@@H](NS(=O)(=O)c1ccc(-c2c(C#N)c3ccc(C4CC4)cc3n2C2CCCC2)nc1)C(F)(F)F. The molecule has 2 fully saturated rings. The Morgan fingerprint density at radius 3 is 2.43 bits per heavy atom. The zero-order valence-corrected chi connectivity index (χ0v) is 20.0. The first kappa shape index (κ1) is 23.8. The maximum absolute atomic E-state index is 12.9. The molecule has 5 rings (SSSR count). The largest absolute Gasteiger partial charge is 0.404 e. The van der Waals surface area contributed by atoms with Crippen molar-refractivity contribution in [3.8, 4) is 17.5 Å². The molecule has 0 spiro atoms. The minimum absolute atomic E-state index is 0.198. The number of sulfonamides is 1. The van der Waals surface area contributed by atoms with Crippen LogP contribution in [-0.2, 0) is 10.0 Å². The van der Waals surface area contributed by atoms with E-state index in [4.69, 9.17) is 0 Å². The first-order valence-corrected chi connectivity index (χ1v) is 13.2. The molecule has 3 aromatic rings. The van der Waals surface area contributed by atoms with Crippen LogP contribution in [0.2, 0.25) is 0 Å². The Morgan fingerprint density at radius 2 is 1.86 bits per heavy atom. The number of alkyl halides is 3. The molecule has 2 aliphatic carbocycles. The fourth-order valence-electron chi connectivity index (χ4n) is 4.95. The molecule has 184 valence electrons. The Morgan fingerprint density at radius 1 is 1.14 bits per heavy atom. The first-order chi connectivity index (χ1) is 16.6. The van der Waals surface area contributed by atoms with Gasteiger partial charge in [0.1, 0.15) is 17.0 Å². The standard InChI is InChI=1S/C25H25F3N4O2S/c1-15(25(26,27)28)31-35(33,34)19-9-11-22(30-14-19)24-21(13-29)20-10-8-17(16-6-7-16)12-23(20)32(24)18-4-2-3-5-18/h8-12,14-16,18,31H,2-7H2,1H3/t15-/m1/s1. The van der Waals surface area contributed by atoms with Crippen LogP contribution in [0.5, 0.6) is 0 Å². The van der Waals surface area contributed by atoms with Crippen LogP contribution in [0.15, 0.2) is 41.4 Å². The van der Waals surface area contributed by atoms with E-state index in [1.54, 1.807) is 4.72 Å². The fourth-order valence-corrected chi connectivity index (χ4v) is 6.13. The summed E-state index contributed by atoms with van der Waals surface area (Å²) in [6, 6.07) is 9.20. The zero-order valence-electron chi connectivity index (χ0n) is 19.1. The van der Waals surface area contributed by atoms with Gasteiger partial charge in [0.15, 0.2) is 0 Å². The third-order valence-electron chi connectivity index (χ3n) is 6.99. The van der Waals surface area contributed by atoms with Gasteiger partial charge in [0, 0.05) is 17.6 Å². The average molecular weight is 503 g/mol. The summed E-state index contributed by atoms with van der Waals surface area (Å²) in [7, 11) is -4.42. The van der Waals surface area contributed by atoms with Crippen molar-refractivity contribution >= 4 is 20.9 Å². The van der Waals surface area contributed by atoms with E-state index < -0.39 is 22.2 Å². The third-order valence-corrected chi connectivity index (χ3v) is 8.52. The highest BCUT2D eigenvalue weighted by atomic mass is 32.2. The topological polar surface area (TPSA) is 87.8 Å². The van der Waals surface area contributed by atoms with Gasteiger partial charge in [0.25, 0.3) is 0 Å². The van der Waals surface area contributed by atoms with Crippen LogP contribution in [0.25, 0.3) is 22.3 Å². The fraction of sp³-hybridized carbons (Fsp3) is 0.440. The summed E-state index contributed by atoms with van der Waals surface area (Å²) in [4.78, 5) is 3.95. The molecule has 1 aromatic carbocycles. The van der Waals surface area contributed by atoms with Gasteiger partial charge < -0.3 is 4.57 Å². The quantitative estimate of drug-likeness (QED) is 0.462. The van der Waals surface area contributed by atoms with Crippen molar-refractivity contribution in [1.82, 2.24) is 14.3 Å². The lowest BCUT2D eigenvalue weighted by Gasteiger charge is -2.19. The van der Waals surface area contributed by atoms with Crippen LogP contribution < -0.4 is 4.72 Å². The molecule has 0 saturated heterocycles. The Kier molecular flexibility index (Phi) is 5.88. The predicted octanol–water partition coefficient (Wildman–Crippen LogP) is 5.80. The molecular weight excluding hydrogens is 477 g/mol. The summed E-state index contributed by atoms with van der Waals surface area (Å²) in [6.45, 7) is 0.745. The number of benzene rings is 1. The summed E-state index contributed by atoms with van der Waals surface area (Å²) in [5.41, 5.74) is 3.75. The normalized spacial score (nSPS) is 18.1. The molecule has 6 nitrogen and oxygen atoms in total. The molecule has 0 aliphatic heterocycles. The summed E-state index contributed by atoms with van der Waals surface area (Å²) >= 11 is 0. The number of pyridine rings is 1. The minimum atomic E-state index is -4.70. The van der Waals surface area contributed by atoms with Crippen LogP contribution in [0.1, 0.15) is 68.5 Å². The molecular formula is C25H25F3N4O2S. The summed E-state index contributed by atoms with van der Waals surface area (Å²) in [6.07, 6.45) is 2.78.